The van der Waals surface area contributed by atoms with E-state index in [9.17, 15) is 13.2 Å². The van der Waals surface area contributed by atoms with Gasteiger partial charge in [-0.25, -0.2) is 0 Å². The van der Waals surface area contributed by atoms with Crippen LogP contribution in [0, 0.1) is 11.3 Å². The van der Waals surface area contributed by atoms with Crippen LogP contribution >= 0.6 is 11.8 Å². The molecule has 1 aliphatic rings. The minimum absolute atomic E-state index is 0.419. The average Bonchev–Trinajstić information content (AvgIpc) is 2.36. The lowest BCUT2D eigenvalue weighted by Crippen LogP contribution is -2.10. The lowest BCUT2D eigenvalue weighted by Gasteiger charge is -2.22. The van der Waals surface area contributed by atoms with Crippen LogP contribution in [0.3, 0.4) is 0 Å². The number of allylic oxidation sites excluding steroid dienone is 2. The smallest absolute Gasteiger partial charge is 0.356 e. The lowest BCUT2D eigenvalue weighted by molar-refractivity contribution is -0.137. The first-order valence-corrected chi connectivity index (χ1v) is 6.56. The molecule has 0 atom stereocenters. The van der Waals surface area contributed by atoms with Crippen molar-refractivity contribution in [2.45, 2.75) is 30.8 Å². The molecule has 1 aliphatic heterocycles. The van der Waals surface area contributed by atoms with Gasteiger partial charge in [0.1, 0.15) is 11.0 Å². The Balaban J connectivity index is 2.38. The van der Waals surface area contributed by atoms with Gasteiger partial charge < -0.3 is 5.32 Å². The maximum absolute atomic E-state index is 12.6. The molecule has 1 aromatic rings. The predicted octanol–water partition coefficient (Wildman–Crippen LogP) is 4.76. The van der Waals surface area contributed by atoms with Gasteiger partial charge in [0.2, 0.25) is 0 Å². The Morgan fingerprint density at radius 3 is 2.68 bits per heavy atom. The number of rotatable bonds is 2. The fraction of sp³-hybridized carbons (Fsp3) is 0.308. The van der Waals surface area contributed by atoms with Gasteiger partial charge in [0.15, 0.2) is 0 Å². The summed E-state index contributed by atoms with van der Waals surface area (Å²) in [5.74, 6) is 0. The van der Waals surface area contributed by atoms with E-state index in [1.54, 1.807) is 0 Å². The van der Waals surface area contributed by atoms with Crippen LogP contribution in [0.2, 0.25) is 0 Å². The number of hydrogen-bond acceptors (Lipinski definition) is 3. The molecule has 100 valence electrons. The van der Waals surface area contributed by atoms with E-state index in [-0.39, 0.29) is 0 Å². The summed E-state index contributed by atoms with van der Waals surface area (Å²) in [6, 6.07) is 5.61. The van der Waals surface area contributed by atoms with E-state index >= 15 is 0 Å². The van der Waals surface area contributed by atoms with Gasteiger partial charge in [0, 0.05) is 10.6 Å². The Kier molecular flexibility index (Phi) is 3.76. The highest BCUT2D eigenvalue weighted by molar-refractivity contribution is 8.03. The Hall–Kier alpha value is -1.61. The summed E-state index contributed by atoms with van der Waals surface area (Å²) in [6.45, 7) is 1.95. The highest BCUT2D eigenvalue weighted by atomic mass is 32.2. The van der Waals surface area contributed by atoms with Crippen molar-refractivity contribution < 1.29 is 13.2 Å². The van der Waals surface area contributed by atoms with Crippen LogP contribution in [-0.4, -0.2) is 0 Å². The van der Waals surface area contributed by atoms with E-state index in [1.807, 2.05) is 6.92 Å². The Morgan fingerprint density at radius 2 is 2.11 bits per heavy atom. The first kappa shape index (κ1) is 13.8. The second kappa shape index (κ2) is 5.17. The van der Waals surface area contributed by atoms with Gasteiger partial charge in [0.25, 0.3) is 0 Å². The van der Waals surface area contributed by atoms with Gasteiger partial charge in [-0.05, 0) is 24.6 Å². The zero-order valence-corrected chi connectivity index (χ0v) is 11.0. The number of nitrogens with zero attached hydrogens (tertiary/aromatic N) is 1. The topological polar surface area (TPSA) is 35.8 Å². The molecule has 0 unspecified atom stereocenters. The van der Waals surface area contributed by atoms with Crippen molar-refractivity contribution in [3.8, 4) is 6.07 Å². The molecule has 2 rings (SSSR count). The van der Waals surface area contributed by atoms with Gasteiger partial charge >= 0.3 is 6.18 Å². The average molecular weight is 284 g/mol. The van der Waals surface area contributed by atoms with Gasteiger partial charge in [-0.3, -0.25) is 0 Å². The fourth-order valence-electron chi connectivity index (χ4n) is 1.80. The van der Waals surface area contributed by atoms with E-state index in [0.29, 0.717) is 27.6 Å². The molecule has 0 saturated carbocycles. The molecular formula is C13H11F3N2S. The molecule has 0 bridgehead atoms. The largest absolute Gasteiger partial charge is 0.416 e. The monoisotopic (exact) mass is 284 g/mol. The summed E-state index contributed by atoms with van der Waals surface area (Å²) in [5, 5.41) is 12.0. The van der Waals surface area contributed by atoms with E-state index in [4.69, 9.17) is 5.26 Å². The number of halogens is 3. The van der Waals surface area contributed by atoms with Gasteiger partial charge in [0.05, 0.1) is 11.3 Å². The quantitative estimate of drug-likeness (QED) is 0.850. The van der Waals surface area contributed by atoms with Crippen molar-refractivity contribution in [1.82, 2.24) is 0 Å². The summed E-state index contributed by atoms with van der Waals surface area (Å²) in [4.78, 5) is 1.17. The Bertz CT molecular complexity index is 570. The number of nitriles is 1. The molecule has 0 amide bonds. The van der Waals surface area contributed by atoms with E-state index in [0.717, 1.165) is 18.6 Å². The molecule has 1 aromatic carbocycles. The second-order valence-corrected chi connectivity index (χ2v) is 5.16. The Morgan fingerprint density at radius 1 is 1.37 bits per heavy atom. The first-order valence-electron chi connectivity index (χ1n) is 5.75. The van der Waals surface area contributed by atoms with Crippen LogP contribution in [0.5, 0.6) is 0 Å². The summed E-state index contributed by atoms with van der Waals surface area (Å²) in [5.41, 5.74) is 0.430. The van der Waals surface area contributed by atoms with Crippen molar-refractivity contribution in [2.75, 3.05) is 5.32 Å². The number of anilines is 1. The molecule has 1 N–H and O–H groups in total. The zero-order valence-electron chi connectivity index (χ0n) is 10.1. The van der Waals surface area contributed by atoms with Gasteiger partial charge in [-0.15, -0.1) is 0 Å². The number of benzene rings is 1. The van der Waals surface area contributed by atoms with Gasteiger partial charge in [-0.2, -0.15) is 18.4 Å². The van der Waals surface area contributed by atoms with Crippen LogP contribution in [0.15, 0.2) is 33.7 Å². The zero-order chi connectivity index (χ0) is 14.0. The minimum atomic E-state index is -4.36. The van der Waals surface area contributed by atoms with E-state index < -0.39 is 11.7 Å². The SMILES string of the molecule is CCCC1=C(C#N)Sc2ccc(C(F)(F)F)cc2N1. The third-order valence-electron chi connectivity index (χ3n) is 2.68. The van der Waals surface area contributed by atoms with Crippen molar-refractivity contribution in [3.63, 3.8) is 0 Å². The predicted molar refractivity (Wildman–Crippen MR) is 68.5 cm³/mol. The normalized spacial score (nSPS) is 14.7. The molecule has 2 nitrogen and oxygen atoms in total. The van der Waals surface area contributed by atoms with E-state index in [2.05, 4.69) is 11.4 Å². The summed E-state index contributed by atoms with van der Waals surface area (Å²) >= 11 is 1.21. The maximum atomic E-state index is 12.6. The molecular weight excluding hydrogens is 273 g/mol. The van der Waals surface area contributed by atoms with E-state index in [1.165, 1.54) is 17.8 Å². The molecule has 0 spiro atoms. The number of hydrogen-bond donors (Lipinski definition) is 1. The van der Waals surface area contributed by atoms with Crippen LogP contribution in [0.1, 0.15) is 25.3 Å². The first-order chi connectivity index (χ1) is 8.95. The second-order valence-electron chi connectivity index (χ2n) is 4.11. The number of alkyl halides is 3. The van der Waals surface area contributed by atoms with Crippen molar-refractivity contribution >= 4 is 17.4 Å². The molecule has 0 saturated heterocycles. The molecule has 0 aromatic heterocycles. The molecule has 0 radical (unpaired) electrons. The number of fused-ring (bicyclic) bond motifs is 1. The van der Waals surface area contributed by atoms with Crippen molar-refractivity contribution in [3.05, 3.63) is 34.4 Å². The Labute approximate surface area is 113 Å². The highest BCUT2D eigenvalue weighted by Crippen LogP contribution is 2.42. The molecule has 0 fully saturated rings. The summed E-state index contributed by atoms with van der Waals surface area (Å²) < 4.78 is 37.9. The summed E-state index contributed by atoms with van der Waals surface area (Å²) in [7, 11) is 0. The molecule has 1 heterocycles. The minimum Gasteiger partial charge on any atom is -0.356 e. The number of thioether (sulfide) groups is 1. The lowest BCUT2D eigenvalue weighted by atomic mass is 10.1. The van der Waals surface area contributed by atoms with Crippen molar-refractivity contribution in [1.29, 1.82) is 5.26 Å². The van der Waals surface area contributed by atoms with Crippen LogP contribution in [0.4, 0.5) is 18.9 Å². The third-order valence-corrected chi connectivity index (χ3v) is 3.80. The summed E-state index contributed by atoms with van der Waals surface area (Å²) in [6.07, 6.45) is -2.89. The molecule has 19 heavy (non-hydrogen) atoms. The van der Waals surface area contributed by atoms with Crippen molar-refractivity contribution in [2.24, 2.45) is 0 Å². The molecule has 6 heteroatoms. The third kappa shape index (κ3) is 2.87. The maximum Gasteiger partial charge on any atom is 0.416 e. The van der Waals surface area contributed by atoms with Crippen LogP contribution in [-0.2, 0) is 6.18 Å². The molecule has 0 aliphatic carbocycles. The highest BCUT2D eigenvalue weighted by Gasteiger charge is 2.32. The standard InChI is InChI=1S/C13H11F3N2S/c1-2-3-9-12(7-17)19-11-5-4-8(13(14,15)16)6-10(11)18-9/h4-6,18H,2-3H2,1H3. The van der Waals surface area contributed by atoms with Crippen LogP contribution in [0.25, 0.3) is 0 Å². The van der Waals surface area contributed by atoms with Gasteiger partial charge in [-0.1, -0.05) is 25.1 Å². The fourth-order valence-corrected chi connectivity index (χ4v) is 2.70. The number of nitrogens with one attached hydrogen (secondary N) is 1. The van der Waals surface area contributed by atoms with Crippen LogP contribution < -0.4 is 5.32 Å².